The van der Waals surface area contributed by atoms with Gasteiger partial charge >= 0.3 is 0 Å². The SMILES string of the molecule is Cn1cc2c(OCC3CCN(CCC4CCCCC4)CC3)nc3ccccc3c2c1. The summed E-state index contributed by atoms with van der Waals surface area (Å²) in [5.74, 6) is 2.43. The van der Waals surface area contributed by atoms with Crippen LogP contribution in [-0.2, 0) is 7.05 Å². The normalized spacial score (nSPS) is 19.6. The van der Waals surface area contributed by atoms with Crippen molar-refractivity contribution in [2.24, 2.45) is 18.9 Å². The van der Waals surface area contributed by atoms with Gasteiger partial charge in [0.15, 0.2) is 0 Å². The second-order valence-corrected chi connectivity index (χ2v) is 9.57. The minimum absolute atomic E-state index is 0.642. The van der Waals surface area contributed by atoms with Crippen LogP contribution in [0.1, 0.15) is 51.4 Å². The van der Waals surface area contributed by atoms with Crippen LogP contribution in [0.25, 0.3) is 21.7 Å². The van der Waals surface area contributed by atoms with E-state index in [4.69, 9.17) is 9.72 Å². The lowest BCUT2D eigenvalue weighted by molar-refractivity contribution is 0.132. The van der Waals surface area contributed by atoms with Crippen LogP contribution in [0.5, 0.6) is 5.88 Å². The van der Waals surface area contributed by atoms with Crippen molar-refractivity contribution >= 4 is 21.7 Å². The third-order valence-electron chi connectivity index (χ3n) is 7.34. The first-order chi connectivity index (χ1) is 14.8. The highest BCUT2D eigenvalue weighted by molar-refractivity contribution is 6.07. The highest BCUT2D eigenvalue weighted by Gasteiger charge is 2.22. The van der Waals surface area contributed by atoms with Gasteiger partial charge in [0.25, 0.3) is 0 Å². The molecule has 0 unspecified atom stereocenters. The van der Waals surface area contributed by atoms with Crippen molar-refractivity contribution in [2.75, 3.05) is 26.2 Å². The summed E-state index contributed by atoms with van der Waals surface area (Å²) < 4.78 is 8.44. The molecule has 2 aromatic heterocycles. The number of benzene rings is 1. The highest BCUT2D eigenvalue weighted by atomic mass is 16.5. The lowest BCUT2D eigenvalue weighted by Crippen LogP contribution is -2.36. The minimum Gasteiger partial charge on any atom is -0.477 e. The Morgan fingerprint density at radius 2 is 1.67 bits per heavy atom. The number of aryl methyl sites for hydroxylation is 1. The largest absolute Gasteiger partial charge is 0.477 e. The Bertz CT molecular complexity index is 981. The summed E-state index contributed by atoms with van der Waals surface area (Å²) in [5.41, 5.74) is 1.02. The lowest BCUT2D eigenvalue weighted by Gasteiger charge is -2.33. The standard InChI is InChI=1S/C26H35N3O/c1-28-17-23-22-9-5-6-10-25(22)27-26(24(23)18-28)30-19-21-12-15-29(16-13-21)14-11-20-7-3-2-4-8-20/h5-6,9-10,17-18,20-21H,2-4,7-8,11-16,19H2,1H3. The van der Waals surface area contributed by atoms with Crippen molar-refractivity contribution in [1.29, 1.82) is 0 Å². The van der Waals surface area contributed by atoms with E-state index < -0.39 is 0 Å². The number of pyridine rings is 1. The number of nitrogens with zero attached hydrogens (tertiary/aromatic N) is 3. The van der Waals surface area contributed by atoms with Gasteiger partial charge in [-0.2, -0.15) is 0 Å². The number of likely N-dealkylation sites (tertiary alicyclic amines) is 1. The molecule has 0 N–H and O–H groups in total. The van der Waals surface area contributed by atoms with Crippen molar-refractivity contribution in [3.05, 3.63) is 36.7 Å². The first-order valence-electron chi connectivity index (χ1n) is 12.0. The number of fused-ring (bicyclic) bond motifs is 3. The average molecular weight is 406 g/mol. The van der Waals surface area contributed by atoms with Gasteiger partial charge in [-0.05, 0) is 56.8 Å². The smallest absolute Gasteiger partial charge is 0.223 e. The summed E-state index contributed by atoms with van der Waals surface area (Å²) in [4.78, 5) is 7.54. The molecule has 1 saturated carbocycles. The van der Waals surface area contributed by atoms with Crippen LogP contribution < -0.4 is 4.74 Å². The van der Waals surface area contributed by atoms with Gasteiger partial charge in [0.2, 0.25) is 5.88 Å². The summed E-state index contributed by atoms with van der Waals surface area (Å²) in [6, 6.07) is 8.37. The van der Waals surface area contributed by atoms with Crippen LogP contribution in [0.4, 0.5) is 0 Å². The van der Waals surface area contributed by atoms with Crippen LogP contribution in [0.15, 0.2) is 36.7 Å². The maximum Gasteiger partial charge on any atom is 0.223 e. The van der Waals surface area contributed by atoms with E-state index in [-0.39, 0.29) is 0 Å². The summed E-state index contributed by atoms with van der Waals surface area (Å²) in [6.45, 7) is 4.54. The maximum atomic E-state index is 6.33. The van der Waals surface area contributed by atoms with E-state index in [0.29, 0.717) is 5.92 Å². The molecule has 3 heterocycles. The molecule has 0 atom stereocenters. The quantitative estimate of drug-likeness (QED) is 0.520. The monoisotopic (exact) mass is 405 g/mol. The van der Waals surface area contributed by atoms with Gasteiger partial charge in [0.1, 0.15) is 0 Å². The zero-order valence-corrected chi connectivity index (χ0v) is 18.4. The van der Waals surface area contributed by atoms with Crippen molar-refractivity contribution < 1.29 is 4.74 Å². The Kier molecular flexibility index (Phi) is 5.94. The van der Waals surface area contributed by atoms with Gasteiger partial charge in [0, 0.05) is 30.2 Å². The number of hydrogen-bond donors (Lipinski definition) is 0. The summed E-state index contributed by atoms with van der Waals surface area (Å²) in [5, 5.41) is 3.56. The first kappa shape index (κ1) is 19.9. The minimum atomic E-state index is 0.642. The van der Waals surface area contributed by atoms with Crippen molar-refractivity contribution in [2.45, 2.75) is 51.4 Å². The molecule has 4 heteroatoms. The fraction of sp³-hybridized carbons (Fsp3) is 0.577. The lowest BCUT2D eigenvalue weighted by atomic mass is 9.86. The highest BCUT2D eigenvalue weighted by Crippen LogP contribution is 2.32. The molecule has 0 spiro atoms. The van der Waals surface area contributed by atoms with Gasteiger partial charge < -0.3 is 14.2 Å². The van der Waals surface area contributed by atoms with E-state index in [1.807, 2.05) is 0 Å². The van der Waals surface area contributed by atoms with Gasteiger partial charge in [-0.1, -0.05) is 50.3 Å². The van der Waals surface area contributed by atoms with Crippen LogP contribution in [0, 0.1) is 11.8 Å². The topological polar surface area (TPSA) is 30.3 Å². The molecule has 1 aliphatic heterocycles. The number of hydrogen-bond acceptors (Lipinski definition) is 3. The third-order valence-corrected chi connectivity index (χ3v) is 7.34. The molecule has 160 valence electrons. The predicted molar refractivity (Wildman–Crippen MR) is 124 cm³/mol. The van der Waals surface area contributed by atoms with Gasteiger partial charge in [-0.25, -0.2) is 4.98 Å². The van der Waals surface area contributed by atoms with Crippen LogP contribution in [0.3, 0.4) is 0 Å². The van der Waals surface area contributed by atoms with E-state index in [1.165, 1.54) is 81.8 Å². The van der Waals surface area contributed by atoms with Crippen LogP contribution in [0.2, 0.25) is 0 Å². The summed E-state index contributed by atoms with van der Waals surface area (Å²) in [7, 11) is 2.07. The van der Waals surface area contributed by atoms with E-state index in [9.17, 15) is 0 Å². The third kappa shape index (κ3) is 4.34. The van der Waals surface area contributed by atoms with Crippen molar-refractivity contribution in [1.82, 2.24) is 14.5 Å². The molecule has 0 radical (unpaired) electrons. The molecule has 4 nitrogen and oxygen atoms in total. The second kappa shape index (κ2) is 8.97. The fourth-order valence-corrected chi connectivity index (χ4v) is 5.46. The molecule has 2 fully saturated rings. The molecule has 1 saturated heterocycles. The molecule has 2 aliphatic rings. The Labute approximate surface area is 180 Å². The van der Waals surface area contributed by atoms with Crippen molar-refractivity contribution in [3.63, 3.8) is 0 Å². The Morgan fingerprint density at radius 3 is 2.50 bits per heavy atom. The molecule has 0 amide bonds. The van der Waals surface area contributed by atoms with Crippen LogP contribution >= 0.6 is 0 Å². The molecule has 30 heavy (non-hydrogen) atoms. The molecule has 0 bridgehead atoms. The molecular weight excluding hydrogens is 370 g/mol. The Hall–Kier alpha value is -2.07. The number of rotatable bonds is 6. The summed E-state index contributed by atoms with van der Waals surface area (Å²) in [6.07, 6.45) is 15.5. The molecule has 5 rings (SSSR count). The van der Waals surface area contributed by atoms with Crippen LogP contribution in [-0.4, -0.2) is 40.7 Å². The second-order valence-electron chi connectivity index (χ2n) is 9.57. The molecule has 3 aromatic rings. The van der Waals surface area contributed by atoms with Crippen molar-refractivity contribution in [3.8, 4) is 5.88 Å². The van der Waals surface area contributed by atoms with E-state index in [0.717, 1.165) is 29.3 Å². The zero-order valence-electron chi connectivity index (χ0n) is 18.4. The molecule has 1 aliphatic carbocycles. The van der Waals surface area contributed by atoms with E-state index in [2.05, 4.69) is 53.2 Å². The number of ether oxygens (including phenoxy) is 1. The first-order valence-corrected chi connectivity index (χ1v) is 12.0. The maximum absolute atomic E-state index is 6.33. The predicted octanol–water partition coefficient (Wildman–Crippen LogP) is 5.79. The van der Waals surface area contributed by atoms with Gasteiger partial charge in [-0.3, -0.25) is 0 Å². The van der Waals surface area contributed by atoms with Gasteiger partial charge in [0.05, 0.1) is 17.5 Å². The van der Waals surface area contributed by atoms with Gasteiger partial charge in [-0.15, -0.1) is 0 Å². The Morgan fingerprint density at radius 1 is 0.900 bits per heavy atom. The Balaban J connectivity index is 1.17. The molecular formula is C26H35N3O. The molecule has 1 aromatic carbocycles. The summed E-state index contributed by atoms with van der Waals surface area (Å²) >= 11 is 0. The number of para-hydroxylation sites is 1. The van der Waals surface area contributed by atoms with E-state index >= 15 is 0 Å². The average Bonchev–Trinajstić information content (AvgIpc) is 3.19. The number of piperidine rings is 1. The fourth-order valence-electron chi connectivity index (χ4n) is 5.46. The number of aromatic nitrogens is 2. The zero-order chi connectivity index (χ0) is 20.3. The van der Waals surface area contributed by atoms with E-state index in [1.54, 1.807) is 0 Å².